The van der Waals surface area contributed by atoms with Gasteiger partial charge in [-0.05, 0) is 31.0 Å². The predicted octanol–water partition coefficient (Wildman–Crippen LogP) is 4.83. The molecular formula is C17H16ClFN4O. The maximum Gasteiger partial charge on any atom is 0.252 e. The number of aromatic nitrogens is 1. The van der Waals surface area contributed by atoms with Crippen molar-refractivity contribution in [3.8, 4) is 6.07 Å². The summed E-state index contributed by atoms with van der Waals surface area (Å²) in [6, 6.07) is 6.02. The molecule has 1 heterocycles. The highest BCUT2D eigenvalue weighted by molar-refractivity contribution is 6.33. The molecule has 1 saturated carbocycles. The molecule has 1 N–H and O–H groups in total. The van der Waals surface area contributed by atoms with Crippen LogP contribution in [0.1, 0.15) is 55.2 Å². The summed E-state index contributed by atoms with van der Waals surface area (Å²) in [6.07, 6.45) is 7.03. The molecule has 0 aliphatic heterocycles. The zero-order valence-corrected chi connectivity index (χ0v) is 13.7. The summed E-state index contributed by atoms with van der Waals surface area (Å²) < 4.78 is 18.7. The molecule has 0 atom stereocenters. The van der Waals surface area contributed by atoms with Crippen molar-refractivity contribution in [2.45, 2.75) is 38.0 Å². The topological polar surface area (TPSA) is 74.2 Å². The van der Waals surface area contributed by atoms with E-state index in [0.717, 1.165) is 25.7 Å². The lowest BCUT2D eigenvalue weighted by molar-refractivity contribution is 0.367. The van der Waals surface area contributed by atoms with E-state index in [1.807, 2.05) is 6.07 Å². The number of oxazole rings is 1. The van der Waals surface area contributed by atoms with Gasteiger partial charge in [0.15, 0.2) is 0 Å². The van der Waals surface area contributed by atoms with Gasteiger partial charge in [-0.15, -0.1) is 0 Å². The van der Waals surface area contributed by atoms with Crippen molar-refractivity contribution >= 4 is 23.7 Å². The largest absolute Gasteiger partial charge is 0.422 e. The summed E-state index contributed by atoms with van der Waals surface area (Å²) in [6.45, 7) is 0. The first-order valence-corrected chi connectivity index (χ1v) is 8.20. The molecule has 1 fully saturated rings. The monoisotopic (exact) mass is 346 g/mol. The minimum absolute atomic E-state index is 0.179. The lowest BCUT2D eigenvalue weighted by Crippen LogP contribution is -2.04. The molecule has 0 spiro atoms. The van der Waals surface area contributed by atoms with Gasteiger partial charge in [-0.1, -0.05) is 30.9 Å². The molecule has 0 radical (unpaired) electrons. The number of anilines is 1. The Morgan fingerprint density at radius 3 is 2.88 bits per heavy atom. The molecule has 2 aromatic rings. The maximum absolute atomic E-state index is 13.0. The van der Waals surface area contributed by atoms with Crippen molar-refractivity contribution in [3.63, 3.8) is 0 Å². The average molecular weight is 347 g/mol. The summed E-state index contributed by atoms with van der Waals surface area (Å²) >= 11 is 5.93. The van der Waals surface area contributed by atoms with Gasteiger partial charge in [0.1, 0.15) is 11.9 Å². The fourth-order valence-electron chi connectivity index (χ4n) is 2.78. The van der Waals surface area contributed by atoms with Gasteiger partial charge in [0.25, 0.3) is 5.88 Å². The molecule has 0 saturated heterocycles. The number of hydrogen-bond acceptors (Lipinski definition) is 5. The first-order valence-electron chi connectivity index (χ1n) is 7.82. The number of hydrogen-bond donors (Lipinski definition) is 1. The highest BCUT2D eigenvalue weighted by Crippen LogP contribution is 2.34. The van der Waals surface area contributed by atoms with Crippen molar-refractivity contribution in [1.29, 1.82) is 5.26 Å². The van der Waals surface area contributed by atoms with Crippen LogP contribution in [0.2, 0.25) is 5.02 Å². The van der Waals surface area contributed by atoms with E-state index < -0.39 is 5.82 Å². The highest BCUT2D eigenvalue weighted by Gasteiger charge is 2.23. The minimum Gasteiger partial charge on any atom is -0.422 e. The number of rotatable bonds is 4. The van der Waals surface area contributed by atoms with E-state index in [0.29, 0.717) is 11.5 Å². The van der Waals surface area contributed by atoms with E-state index in [9.17, 15) is 9.65 Å². The van der Waals surface area contributed by atoms with Gasteiger partial charge in [0.05, 0.1) is 11.2 Å². The Bertz CT molecular complexity index is 790. The quantitative estimate of drug-likeness (QED) is 0.635. The number of nitrogens with one attached hydrogen (secondary N) is 1. The van der Waals surface area contributed by atoms with Gasteiger partial charge < -0.3 is 4.42 Å². The van der Waals surface area contributed by atoms with Gasteiger partial charge in [-0.25, -0.2) is 14.8 Å². The third-order valence-corrected chi connectivity index (χ3v) is 4.36. The molecule has 0 unspecified atom stereocenters. The van der Waals surface area contributed by atoms with Crippen molar-refractivity contribution in [1.82, 2.24) is 4.98 Å². The van der Waals surface area contributed by atoms with Crippen LogP contribution in [0.15, 0.2) is 27.7 Å². The molecule has 7 heteroatoms. The van der Waals surface area contributed by atoms with Gasteiger partial charge >= 0.3 is 0 Å². The Kier molecular flexibility index (Phi) is 5.11. The summed E-state index contributed by atoms with van der Waals surface area (Å²) in [5.74, 6) is 0.650. The Morgan fingerprint density at radius 1 is 1.38 bits per heavy atom. The Hall–Kier alpha value is -2.39. The second-order valence-corrected chi connectivity index (χ2v) is 6.12. The maximum atomic E-state index is 13.0. The van der Waals surface area contributed by atoms with E-state index in [1.165, 1.54) is 30.8 Å². The standard InChI is InChI=1S/C17H16ClFN4O/c18-14-8-13(19)7-6-12(14)10-21-23-17-15(9-20)22-16(24-17)11-4-2-1-3-5-11/h6-8,10-11,23H,1-5H2/b21-10+. The molecule has 24 heavy (non-hydrogen) atoms. The molecular weight excluding hydrogens is 331 g/mol. The van der Waals surface area contributed by atoms with Crippen molar-refractivity contribution in [2.24, 2.45) is 5.10 Å². The number of benzene rings is 1. The van der Waals surface area contributed by atoms with E-state index in [4.69, 9.17) is 16.0 Å². The van der Waals surface area contributed by atoms with E-state index in [-0.39, 0.29) is 22.5 Å². The molecule has 1 aliphatic carbocycles. The third-order valence-electron chi connectivity index (χ3n) is 4.04. The SMILES string of the molecule is N#Cc1nc(C2CCCCC2)oc1N/N=C/c1ccc(F)cc1Cl. The van der Waals surface area contributed by atoms with Crippen LogP contribution < -0.4 is 5.43 Å². The fourth-order valence-corrected chi connectivity index (χ4v) is 3.00. The van der Waals surface area contributed by atoms with Crippen LogP contribution >= 0.6 is 11.6 Å². The lowest BCUT2D eigenvalue weighted by Gasteiger charge is -2.17. The summed E-state index contributed by atoms with van der Waals surface area (Å²) in [4.78, 5) is 4.27. The Labute approximate surface area is 144 Å². The summed E-state index contributed by atoms with van der Waals surface area (Å²) in [5.41, 5.74) is 3.41. The molecule has 1 aromatic heterocycles. The normalized spacial score (nSPS) is 15.5. The van der Waals surface area contributed by atoms with Crippen LogP contribution in [0.3, 0.4) is 0 Å². The third kappa shape index (κ3) is 3.74. The van der Waals surface area contributed by atoms with Crippen LogP contribution in [0.4, 0.5) is 10.3 Å². The molecule has 0 bridgehead atoms. The molecule has 5 nitrogen and oxygen atoms in total. The van der Waals surface area contributed by atoms with E-state index in [1.54, 1.807) is 0 Å². The lowest BCUT2D eigenvalue weighted by atomic mass is 9.89. The second-order valence-electron chi connectivity index (χ2n) is 5.71. The minimum atomic E-state index is -0.413. The van der Waals surface area contributed by atoms with Gasteiger partial charge in [-0.3, -0.25) is 0 Å². The van der Waals surface area contributed by atoms with Gasteiger partial charge in [0, 0.05) is 11.5 Å². The van der Waals surface area contributed by atoms with Crippen LogP contribution in [0, 0.1) is 17.1 Å². The zero-order valence-electron chi connectivity index (χ0n) is 12.9. The summed E-state index contributed by atoms with van der Waals surface area (Å²) in [5, 5.41) is 13.4. The number of halogens is 2. The molecule has 1 aromatic carbocycles. The van der Waals surface area contributed by atoms with Crippen LogP contribution in [0.5, 0.6) is 0 Å². The van der Waals surface area contributed by atoms with Crippen LogP contribution in [-0.4, -0.2) is 11.2 Å². The van der Waals surface area contributed by atoms with Crippen LogP contribution in [-0.2, 0) is 0 Å². The van der Waals surface area contributed by atoms with E-state index in [2.05, 4.69) is 15.5 Å². The number of nitriles is 1. The van der Waals surface area contributed by atoms with Gasteiger partial charge in [0.2, 0.25) is 11.6 Å². The second kappa shape index (κ2) is 7.45. The molecule has 124 valence electrons. The summed E-state index contributed by atoms with van der Waals surface area (Å²) in [7, 11) is 0. The average Bonchev–Trinajstić information content (AvgIpc) is 3.01. The first kappa shape index (κ1) is 16.5. The van der Waals surface area contributed by atoms with Crippen molar-refractivity contribution in [3.05, 3.63) is 46.2 Å². The van der Waals surface area contributed by atoms with Crippen molar-refractivity contribution < 1.29 is 8.81 Å². The number of hydrazone groups is 1. The predicted molar refractivity (Wildman–Crippen MR) is 89.7 cm³/mol. The van der Waals surface area contributed by atoms with Crippen molar-refractivity contribution in [2.75, 3.05) is 5.43 Å². The Morgan fingerprint density at radius 2 is 2.17 bits per heavy atom. The molecule has 0 amide bonds. The van der Waals surface area contributed by atoms with Crippen LogP contribution in [0.25, 0.3) is 0 Å². The Balaban J connectivity index is 1.73. The van der Waals surface area contributed by atoms with E-state index >= 15 is 0 Å². The number of nitrogens with zero attached hydrogens (tertiary/aromatic N) is 3. The molecule has 1 aliphatic rings. The zero-order chi connectivity index (χ0) is 16.9. The highest BCUT2D eigenvalue weighted by atomic mass is 35.5. The smallest absolute Gasteiger partial charge is 0.252 e. The first-order chi connectivity index (χ1) is 11.7. The van der Waals surface area contributed by atoms with Gasteiger partial charge in [-0.2, -0.15) is 10.4 Å². The fraction of sp³-hybridized carbons (Fsp3) is 0.353. The molecule has 3 rings (SSSR count).